The molecule has 1 rings (SSSR count). The van der Waals surface area contributed by atoms with Gasteiger partial charge in [-0.1, -0.05) is 11.5 Å². The molecular weight excluding hydrogens is 143 g/mol. The number of phenols is 1. The highest BCUT2D eigenvalue weighted by molar-refractivity contribution is 6.32. The van der Waals surface area contributed by atoms with Gasteiger partial charge in [0.25, 0.3) is 0 Å². The van der Waals surface area contributed by atoms with E-state index in [4.69, 9.17) is 10.2 Å². The first kappa shape index (κ1) is 7.66. The Labute approximate surface area is 64.7 Å². The Morgan fingerprint density at radius 2 is 2.00 bits per heavy atom. The van der Waals surface area contributed by atoms with E-state index in [1.165, 1.54) is 18.2 Å². The smallest absolute Gasteiger partial charge is 0.335 e. The average Bonchev–Trinajstić information content (AvgIpc) is 1.85. The molecule has 11 heavy (non-hydrogen) atoms. The third kappa shape index (κ3) is 1.74. The van der Waals surface area contributed by atoms with E-state index < -0.39 is 5.97 Å². The molecule has 0 aliphatic rings. The Morgan fingerprint density at radius 3 is 2.45 bits per heavy atom. The van der Waals surface area contributed by atoms with Gasteiger partial charge in [-0.15, -0.1) is 0 Å². The van der Waals surface area contributed by atoms with Crippen molar-refractivity contribution in [3.05, 3.63) is 23.8 Å². The van der Waals surface area contributed by atoms with Crippen molar-refractivity contribution in [1.29, 1.82) is 0 Å². The number of rotatable bonds is 1. The van der Waals surface area contributed by atoms with E-state index in [1.807, 2.05) is 0 Å². The summed E-state index contributed by atoms with van der Waals surface area (Å²) in [6, 6.07) is 4.23. The fourth-order valence-corrected chi connectivity index (χ4v) is 0.886. The van der Waals surface area contributed by atoms with Gasteiger partial charge in [-0.3, -0.25) is 0 Å². The van der Waals surface area contributed by atoms with E-state index in [2.05, 4.69) is 0 Å². The molecule has 0 amide bonds. The third-order valence-corrected chi connectivity index (χ3v) is 1.31. The van der Waals surface area contributed by atoms with Gasteiger partial charge in [0.2, 0.25) is 0 Å². The molecule has 0 radical (unpaired) electrons. The first-order valence-corrected chi connectivity index (χ1v) is 3.13. The van der Waals surface area contributed by atoms with Crippen LogP contribution in [0.5, 0.6) is 5.75 Å². The zero-order chi connectivity index (χ0) is 8.43. The lowest BCUT2D eigenvalue weighted by molar-refractivity contribution is 0.0696. The molecule has 56 valence electrons. The molecule has 1 aromatic rings. The molecule has 0 saturated heterocycles. The highest BCUT2D eigenvalue weighted by Crippen LogP contribution is 2.08. The standard InChI is InChI=1S/C7H7BO3/c8-5-1-4(7(10)11)2-6(9)3-5/h1-3,9H,8H2,(H,10,11). The van der Waals surface area contributed by atoms with Gasteiger partial charge in [-0.2, -0.15) is 0 Å². The molecule has 3 nitrogen and oxygen atoms in total. The lowest BCUT2D eigenvalue weighted by Gasteiger charge is -1.97. The first-order valence-electron chi connectivity index (χ1n) is 3.13. The van der Waals surface area contributed by atoms with Crippen molar-refractivity contribution in [2.24, 2.45) is 0 Å². The number of benzene rings is 1. The normalized spacial score (nSPS) is 9.45. The van der Waals surface area contributed by atoms with Crippen LogP contribution in [0.1, 0.15) is 10.4 Å². The fraction of sp³-hybridized carbons (Fsp3) is 0. The molecule has 1 aromatic carbocycles. The number of carboxylic acid groups (broad SMARTS) is 1. The summed E-state index contributed by atoms with van der Waals surface area (Å²) in [6.45, 7) is 0. The van der Waals surface area contributed by atoms with Crippen molar-refractivity contribution in [2.75, 3.05) is 0 Å². The van der Waals surface area contributed by atoms with Gasteiger partial charge >= 0.3 is 5.97 Å². The quantitative estimate of drug-likeness (QED) is 0.523. The second-order valence-corrected chi connectivity index (χ2v) is 2.36. The van der Waals surface area contributed by atoms with Crippen LogP contribution in [0, 0.1) is 0 Å². The van der Waals surface area contributed by atoms with Crippen LogP contribution in [0.3, 0.4) is 0 Å². The Bertz CT molecular complexity index is 275. The Balaban J connectivity index is 3.19. The number of carboxylic acids is 1. The van der Waals surface area contributed by atoms with Gasteiger partial charge in [0.05, 0.1) is 5.56 Å². The summed E-state index contributed by atoms with van der Waals surface area (Å²) in [5, 5.41) is 17.5. The third-order valence-electron chi connectivity index (χ3n) is 1.31. The maximum Gasteiger partial charge on any atom is 0.335 e. The number of aromatic carboxylic acids is 1. The van der Waals surface area contributed by atoms with Crippen LogP contribution in [0.15, 0.2) is 18.2 Å². The molecule has 0 atom stereocenters. The summed E-state index contributed by atoms with van der Waals surface area (Å²) < 4.78 is 0. The summed E-state index contributed by atoms with van der Waals surface area (Å²) in [6.07, 6.45) is 0. The minimum atomic E-state index is -1.02. The molecule has 0 fully saturated rings. The molecular formula is C7H7BO3. The summed E-state index contributed by atoms with van der Waals surface area (Å²) in [5.41, 5.74) is 0.852. The van der Waals surface area contributed by atoms with Crippen LogP contribution in [-0.2, 0) is 0 Å². The van der Waals surface area contributed by atoms with Crippen molar-refractivity contribution in [3.8, 4) is 5.75 Å². The zero-order valence-corrected chi connectivity index (χ0v) is 6.03. The van der Waals surface area contributed by atoms with Gasteiger partial charge in [0.1, 0.15) is 13.6 Å². The number of hydrogen-bond donors (Lipinski definition) is 2. The van der Waals surface area contributed by atoms with Crippen LogP contribution in [0.4, 0.5) is 0 Å². The maximum absolute atomic E-state index is 10.4. The Hall–Kier alpha value is -1.45. The molecule has 0 spiro atoms. The van der Waals surface area contributed by atoms with Crippen molar-refractivity contribution >= 4 is 19.3 Å². The monoisotopic (exact) mass is 150 g/mol. The number of carbonyl (C=O) groups is 1. The van der Waals surface area contributed by atoms with E-state index in [0.29, 0.717) is 0 Å². The molecule has 0 aliphatic heterocycles. The maximum atomic E-state index is 10.4. The van der Waals surface area contributed by atoms with Crippen molar-refractivity contribution < 1.29 is 15.0 Å². The minimum Gasteiger partial charge on any atom is -0.508 e. The topological polar surface area (TPSA) is 57.5 Å². The van der Waals surface area contributed by atoms with Crippen LogP contribution >= 0.6 is 0 Å². The van der Waals surface area contributed by atoms with Gasteiger partial charge in [0.15, 0.2) is 0 Å². The zero-order valence-electron chi connectivity index (χ0n) is 6.03. The second kappa shape index (κ2) is 2.66. The highest BCUT2D eigenvalue weighted by Gasteiger charge is 2.03. The van der Waals surface area contributed by atoms with Crippen LogP contribution in [0.2, 0.25) is 0 Å². The minimum absolute atomic E-state index is 0.0117. The molecule has 0 unspecified atom stereocenters. The van der Waals surface area contributed by atoms with Crippen molar-refractivity contribution in [1.82, 2.24) is 0 Å². The van der Waals surface area contributed by atoms with E-state index in [0.717, 1.165) is 5.46 Å². The van der Waals surface area contributed by atoms with Gasteiger partial charge in [-0.05, 0) is 12.1 Å². The summed E-state index contributed by atoms with van der Waals surface area (Å²) in [4.78, 5) is 10.4. The van der Waals surface area contributed by atoms with Gasteiger partial charge < -0.3 is 10.2 Å². The lowest BCUT2D eigenvalue weighted by atomic mass is 9.94. The van der Waals surface area contributed by atoms with E-state index in [9.17, 15) is 4.79 Å². The molecule has 2 N–H and O–H groups in total. The lowest BCUT2D eigenvalue weighted by Crippen LogP contribution is -2.06. The van der Waals surface area contributed by atoms with Crippen LogP contribution in [0.25, 0.3) is 0 Å². The molecule has 0 aliphatic carbocycles. The second-order valence-electron chi connectivity index (χ2n) is 2.36. The van der Waals surface area contributed by atoms with Crippen molar-refractivity contribution in [3.63, 3.8) is 0 Å². The number of aromatic hydroxyl groups is 1. The highest BCUT2D eigenvalue weighted by atomic mass is 16.4. The average molecular weight is 150 g/mol. The largest absolute Gasteiger partial charge is 0.508 e. The number of phenolic OH excluding ortho intramolecular Hbond substituents is 1. The van der Waals surface area contributed by atoms with E-state index in [1.54, 1.807) is 7.85 Å². The predicted octanol–water partition coefficient (Wildman–Crippen LogP) is -0.651. The Morgan fingerprint density at radius 1 is 1.36 bits per heavy atom. The first-order chi connectivity index (χ1) is 5.09. The SMILES string of the molecule is Bc1cc(O)cc(C(=O)O)c1. The Kier molecular flexibility index (Phi) is 1.85. The van der Waals surface area contributed by atoms with Crippen LogP contribution in [-0.4, -0.2) is 24.0 Å². The summed E-state index contributed by atoms with van der Waals surface area (Å²) >= 11 is 0. The molecule has 0 heterocycles. The summed E-state index contributed by atoms with van der Waals surface area (Å²) in [7, 11) is 1.73. The number of hydrogen-bond acceptors (Lipinski definition) is 2. The van der Waals surface area contributed by atoms with E-state index >= 15 is 0 Å². The predicted molar refractivity (Wildman–Crippen MR) is 43.2 cm³/mol. The van der Waals surface area contributed by atoms with Gasteiger partial charge in [0, 0.05) is 0 Å². The summed E-state index contributed by atoms with van der Waals surface area (Å²) in [5.74, 6) is -1.04. The fourth-order valence-electron chi connectivity index (χ4n) is 0.886. The van der Waals surface area contributed by atoms with Crippen molar-refractivity contribution in [2.45, 2.75) is 0 Å². The molecule has 0 saturated carbocycles. The molecule has 4 heteroatoms. The van der Waals surface area contributed by atoms with E-state index in [-0.39, 0.29) is 11.3 Å². The van der Waals surface area contributed by atoms with Gasteiger partial charge in [-0.25, -0.2) is 4.79 Å². The molecule has 0 bridgehead atoms. The molecule has 0 aromatic heterocycles. The van der Waals surface area contributed by atoms with Crippen LogP contribution < -0.4 is 5.46 Å².